The molecule has 29 heavy (non-hydrogen) atoms. The van der Waals surface area contributed by atoms with Gasteiger partial charge in [0.15, 0.2) is 4.34 Å². The highest BCUT2D eigenvalue weighted by molar-refractivity contribution is 8.01. The second kappa shape index (κ2) is 9.89. The summed E-state index contributed by atoms with van der Waals surface area (Å²) < 4.78 is 11.1. The lowest BCUT2D eigenvalue weighted by atomic mass is 10.2. The number of amides is 1. The van der Waals surface area contributed by atoms with Crippen LogP contribution in [0.25, 0.3) is 0 Å². The van der Waals surface area contributed by atoms with Gasteiger partial charge in [0, 0.05) is 0 Å². The molecule has 152 valence electrons. The van der Waals surface area contributed by atoms with Crippen molar-refractivity contribution in [3.8, 4) is 5.75 Å². The van der Waals surface area contributed by atoms with Crippen molar-refractivity contribution in [3.63, 3.8) is 0 Å². The molecule has 0 unspecified atom stereocenters. The number of nitrogens with one attached hydrogen (secondary N) is 2. The number of aromatic nitrogens is 2. The summed E-state index contributed by atoms with van der Waals surface area (Å²) in [5.74, 6) is 0.792. The zero-order valence-corrected chi connectivity index (χ0v) is 16.9. The molecule has 0 radical (unpaired) electrons. The molecule has 0 atom stereocenters. The predicted octanol–water partition coefficient (Wildman–Crippen LogP) is 3.78. The Balaban J connectivity index is 1.53. The molecule has 0 fully saturated rings. The molecule has 0 saturated heterocycles. The number of benzene rings is 1. The van der Waals surface area contributed by atoms with Crippen LogP contribution in [0.1, 0.15) is 12.7 Å². The third-order valence-corrected chi connectivity index (χ3v) is 5.49. The van der Waals surface area contributed by atoms with Crippen molar-refractivity contribution in [1.29, 1.82) is 0 Å². The van der Waals surface area contributed by atoms with Crippen molar-refractivity contribution in [1.82, 2.24) is 10.2 Å². The number of hydrogen-bond acceptors (Lipinski definition) is 10. The van der Waals surface area contributed by atoms with Crippen LogP contribution >= 0.6 is 23.1 Å². The number of furan rings is 1. The second-order valence-electron chi connectivity index (χ2n) is 5.51. The van der Waals surface area contributed by atoms with Crippen molar-refractivity contribution < 1.29 is 18.9 Å². The Labute approximate surface area is 173 Å². The minimum atomic E-state index is -0.563. The number of nitro groups is 1. The van der Waals surface area contributed by atoms with E-state index in [1.807, 2.05) is 6.07 Å². The van der Waals surface area contributed by atoms with Crippen LogP contribution in [-0.4, -0.2) is 33.4 Å². The molecule has 0 aliphatic rings. The number of nitrogens with zero attached hydrogens (tertiary/aromatic N) is 3. The lowest BCUT2D eigenvalue weighted by Gasteiger charge is -2.08. The van der Waals surface area contributed by atoms with Gasteiger partial charge in [-0.15, -0.1) is 10.2 Å². The Morgan fingerprint density at radius 2 is 2.24 bits per heavy atom. The van der Waals surface area contributed by atoms with Gasteiger partial charge in [-0.1, -0.05) is 23.1 Å². The highest BCUT2D eigenvalue weighted by atomic mass is 32.2. The molecule has 3 rings (SSSR count). The van der Waals surface area contributed by atoms with Gasteiger partial charge in [-0.25, -0.2) is 0 Å². The Bertz CT molecular complexity index is 977. The van der Waals surface area contributed by atoms with E-state index < -0.39 is 4.92 Å². The first kappa shape index (κ1) is 20.6. The molecule has 0 bridgehead atoms. The Kier molecular flexibility index (Phi) is 7.03. The minimum Gasteiger partial charge on any atom is -0.494 e. The standard InChI is InChI=1S/C17H17N5O5S2/c1-2-26-11-5-6-13(14(8-11)22(24)25)19-15(23)10-28-17-21-20-16(29-17)18-9-12-4-3-7-27-12/h3-8H,2,9-10H2,1H3,(H,18,20)(H,19,23). The lowest BCUT2D eigenvalue weighted by molar-refractivity contribution is -0.384. The van der Waals surface area contributed by atoms with E-state index in [2.05, 4.69) is 20.8 Å². The molecule has 2 N–H and O–H groups in total. The topological polar surface area (TPSA) is 132 Å². The molecule has 0 saturated carbocycles. The number of carbonyl (C=O) groups excluding carboxylic acids is 1. The van der Waals surface area contributed by atoms with Crippen LogP contribution in [-0.2, 0) is 11.3 Å². The molecule has 2 heterocycles. The Hall–Kier alpha value is -3.12. The van der Waals surface area contributed by atoms with Gasteiger partial charge in [0.1, 0.15) is 17.2 Å². The predicted molar refractivity (Wildman–Crippen MR) is 110 cm³/mol. The van der Waals surface area contributed by atoms with Gasteiger partial charge in [0.25, 0.3) is 5.69 Å². The summed E-state index contributed by atoms with van der Waals surface area (Å²) in [6.07, 6.45) is 1.59. The monoisotopic (exact) mass is 435 g/mol. The van der Waals surface area contributed by atoms with Crippen molar-refractivity contribution >= 4 is 45.5 Å². The molecule has 0 aliphatic heterocycles. The molecule has 10 nitrogen and oxygen atoms in total. The summed E-state index contributed by atoms with van der Waals surface area (Å²) in [5, 5.41) is 25.5. The highest BCUT2D eigenvalue weighted by Crippen LogP contribution is 2.30. The van der Waals surface area contributed by atoms with Crippen LogP contribution in [0.15, 0.2) is 45.4 Å². The fourth-order valence-electron chi connectivity index (χ4n) is 2.25. The number of thioether (sulfide) groups is 1. The largest absolute Gasteiger partial charge is 0.494 e. The van der Waals surface area contributed by atoms with Crippen LogP contribution in [0.5, 0.6) is 5.75 Å². The second-order valence-corrected chi connectivity index (χ2v) is 7.71. The first-order valence-electron chi connectivity index (χ1n) is 8.48. The van der Waals surface area contributed by atoms with Crippen LogP contribution in [0, 0.1) is 10.1 Å². The quantitative estimate of drug-likeness (QED) is 0.277. The van der Waals surface area contributed by atoms with E-state index in [0.29, 0.717) is 28.4 Å². The average Bonchev–Trinajstić information content (AvgIpc) is 3.38. The number of carbonyl (C=O) groups is 1. The summed E-state index contributed by atoms with van der Waals surface area (Å²) in [6.45, 7) is 2.65. The molecule has 12 heteroatoms. The lowest BCUT2D eigenvalue weighted by Crippen LogP contribution is -2.15. The zero-order chi connectivity index (χ0) is 20.6. The number of nitro benzene ring substituents is 1. The number of ether oxygens (including phenoxy) is 1. The smallest absolute Gasteiger partial charge is 0.296 e. The van der Waals surface area contributed by atoms with Gasteiger partial charge in [0.05, 0.1) is 36.2 Å². The fourth-order valence-corrected chi connectivity index (χ4v) is 3.80. The van der Waals surface area contributed by atoms with Gasteiger partial charge < -0.3 is 19.8 Å². The van der Waals surface area contributed by atoms with Crippen molar-refractivity contribution in [2.24, 2.45) is 0 Å². The van der Waals surface area contributed by atoms with Crippen LogP contribution in [0.2, 0.25) is 0 Å². The molecule has 1 aromatic carbocycles. The molecular formula is C17H17N5O5S2. The van der Waals surface area contributed by atoms with Crippen molar-refractivity contribution in [3.05, 3.63) is 52.5 Å². The average molecular weight is 435 g/mol. The normalized spacial score (nSPS) is 10.5. The third kappa shape index (κ3) is 5.93. The van der Waals surface area contributed by atoms with E-state index in [1.54, 1.807) is 25.3 Å². The van der Waals surface area contributed by atoms with E-state index in [9.17, 15) is 14.9 Å². The third-order valence-electron chi connectivity index (χ3n) is 3.48. The van der Waals surface area contributed by atoms with Gasteiger partial charge in [-0.2, -0.15) is 0 Å². The first-order chi connectivity index (χ1) is 14.0. The molecule has 0 aliphatic carbocycles. The van der Waals surface area contributed by atoms with Gasteiger partial charge in [-0.05, 0) is 31.2 Å². The maximum Gasteiger partial charge on any atom is 0.296 e. The highest BCUT2D eigenvalue weighted by Gasteiger charge is 2.18. The molecule has 1 amide bonds. The van der Waals surface area contributed by atoms with E-state index in [0.717, 1.165) is 5.76 Å². The number of hydrogen-bond donors (Lipinski definition) is 2. The SMILES string of the molecule is CCOc1ccc(NC(=O)CSc2nnc(NCc3ccco3)s2)c([N+](=O)[O-])c1. The summed E-state index contributed by atoms with van der Waals surface area (Å²) in [7, 11) is 0. The van der Waals surface area contributed by atoms with Gasteiger partial charge in [-0.3, -0.25) is 14.9 Å². The zero-order valence-electron chi connectivity index (χ0n) is 15.3. The summed E-state index contributed by atoms with van der Waals surface area (Å²) in [6, 6.07) is 7.95. The summed E-state index contributed by atoms with van der Waals surface area (Å²) in [4.78, 5) is 22.9. The maximum atomic E-state index is 12.2. The van der Waals surface area contributed by atoms with Crippen LogP contribution in [0.4, 0.5) is 16.5 Å². The van der Waals surface area contributed by atoms with E-state index >= 15 is 0 Å². The minimum absolute atomic E-state index is 0.0389. The van der Waals surface area contributed by atoms with Crippen molar-refractivity contribution in [2.45, 2.75) is 17.8 Å². The Morgan fingerprint density at radius 3 is 2.97 bits per heavy atom. The van der Waals surface area contributed by atoms with E-state index in [1.165, 1.54) is 35.2 Å². The summed E-state index contributed by atoms with van der Waals surface area (Å²) >= 11 is 2.49. The molecule has 3 aromatic rings. The number of anilines is 2. The van der Waals surface area contributed by atoms with Crippen LogP contribution in [0.3, 0.4) is 0 Å². The molecule has 2 aromatic heterocycles. The molecular weight excluding hydrogens is 418 g/mol. The van der Waals surface area contributed by atoms with Gasteiger partial charge >= 0.3 is 0 Å². The summed E-state index contributed by atoms with van der Waals surface area (Å²) in [5.41, 5.74) is -0.114. The maximum absolute atomic E-state index is 12.2. The van der Waals surface area contributed by atoms with E-state index in [-0.39, 0.29) is 23.0 Å². The van der Waals surface area contributed by atoms with Crippen LogP contribution < -0.4 is 15.4 Å². The molecule has 0 spiro atoms. The van der Waals surface area contributed by atoms with Gasteiger partial charge in [0.2, 0.25) is 11.0 Å². The Morgan fingerprint density at radius 1 is 1.38 bits per heavy atom. The fraction of sp³-hybridized carbons (Fsp3) is 0.235. The number of rotatable bonds is 10. The van der Waals surface area contributed by atoms with E-state index in [4.69, 9.17) is 9.15 Å². The first-order valence-corrected chi connectivity index (χ1v) is 10.3. The van der Waals surface area contributed by atoms with Crippen molar-refractivity contribution in [2.75, 3.05) is 23.0 Å².